The molecule has 1 heterocycles. The summed E-state index contributed by atoms with van der Waals surface area (Å²) in [7, 11) is 1.63. The van der Waals surface area contributed by atoms with Crippen molar-refractivity contribution in [3.8, 4) is 0 Å². The summed E-state index contributed by atoms with van der Waals surface area (Å²) in [6, 6.07) is 0. The molecule has 1 aromatic rings. The summed E-state index contributed by atoms with van der Waals surface area (Å²) >= 11 is 0. The Hall–Kier alpha value is -2.11. The topological polar surface area (TPSA) is 97.9 Å². The number of H-pyrrole nitrogens is 1. The molecule has 0 unspecified atom stereocenters. The third-order valence-electron chi connectivity index (χ3n) is 4.42. The molecule has 0 spiro atoms. The average Bonchev–Trinajstić information content (AvgIpc) is 2.60. The molecule has 3 rings (SSSR count). The van der Waals surface area contributed by atoms with Crippen molar-refractivity contribution in [2.75, 3.05) is 0 Å². The molecule has 0 saturated carbocycles. The molecular formula is C18H27N3O3. The monoisotopic (exact) mass is 333 g/mol. The van der Waals surface area contributed by atoms with Gasteiger partial charge in [-0.15, -0.1) is 0 Å². The molecule has 3 N–H and O–H groups in total. The molecule has 0 radical (unpaired) electrons. The fourth-order valence-corrected chi connectivity index (χ4v) is 3.51. The van der Waals surface area contributed by atoms with Crippen LogP contribution in [0.15, 0.2) is 16.6 Å². The van der Waals surface area contributed by atoms with Gasteiger partial charge in [-0.05, 0) is 29.7 Å². The highest BCUT2D eigenvalue weighted by Gasteiger charge is 2.34. The highest BCUT2D eigenvalue weighted by atomic mass is 16.2. The van der Waals surface area contributed by atoms with Crippen molar-refractivity contribution in [1.29, 1.82) is 0 Å². The molecule has 0 bridgehead atoms. The Kier molecular flexibility index (Phi) is 4.61. The van der Waals surface area contributed by atoms with Crippen molar-refractivity contribution in [1.82, 2.24) is 9.55 Å². The molecule has 24 heavy (non-hydrogen) atoms. The van der Waals surface area contributed by atoms with E-state index in [2.05, 4.69) is 18.8 Å². The number of aromatic amines is 1. The third kappa shape index (κ3) is 4.04. The van der Waals surface area contributed by atoms with E-state index < -0.39 is 0 Å². The smallest absolute Gasteiger partial charge is 0.326 e. The van der Waals surface area contributed by atoms with Crippen molar-refractivity contribution < 1.29 is 9.59 Å². The first kappa shape index (κ1) is 18.2. The number of allylic oxidation sites excluding steroid dienone is 2. The molecule has 2 aliphatic carbocycles. The van der Waals surface area contributed by atoms with Gasteiger partial charge < -0.3 is 10.7 Å². The Bertz CT molecular complexity index is 763. The maximum absolute atomic E-state index is 11.8. The summed E-state index contributed by atoms with van der Waals surface area (Å²) in [6.07, 6.45) is 4.31. The number of nitrogens with one attached hydrogen (secondary N) is 1. The minimum Gasteiger partial charge on any atom is -0.402 e. The van der Waals surface area contributed by atoms with Gasteiger partial charge in [0.25, 0.3) is 0 Å². The SMILES string of the molecule is CC1(C)CC(=O)C=C(N)C1.Cn1c2c([nH]c1=O)CC(C)(C)CC2=O. The zero-order chi connectivity index (χ0) is 18.3. The quantitative estimate of drug-likeness (QED) is 0.759. The average molecular weight is 333 g/mol. The van der Waals surface area contributed by atoms with E-state index in [1.165, 1.54) is 4.57 Å². The molecule has 0 aliphatic heterocycles. The van der Waals surface area contributed by atoms with Gasteiger partial charge in [0.15, 0.2) is 11.6 Å². The molecule has 0 fully saturated rings. The van der Waals surface area contributed by atoms with E-state index >= 15 is 0 Å². The molecule has 2 aliphatic rings. The summed E-state index contributed by atoms with van der Waals surface area (Å²) in [5, 5.41) is 0. The van der Waals surface area contributed by atoms with Gasteiger partial charge in [0.05, 0.1) is 0 Å². The predicted molar refractivity (Wildman–Crippen MR) is 92.8 cm³/mol. The number of Topliss-reactive ketones (excluding diaryl/α,β-unsaturated/α-hetero) is 1. The van der Waals surface area contributed by atoms with Crippen LogP contribution in [0.2, 0.25) is 0 Å². The Morgan fingerprint density at radius 1 is 1.00 bits per heavy atom. The molecule has 0 aromatic carbocycles. The molecular weight excluding hydrogens is 306 g/mol. The molecule has 6 nitrogen and oxygen atoms in total. The first-order valence-electron chi connectivity index (χ1n) is 8.20. The zero-order valence-corrected chi connectivity index (χ0v) is 15.2. The van der Waals surface area contributed by atoms with Crippen LogP contribution in [0.1, 0.15) is 63.1 Å². The number of nitrogens with zero attached hydrogens (tertiary/aromatic N) is 1. The number of rotatable bonds is 0. The van der Waals surface area contributed by atoms with Gasteiger partial charge in [0.2, 0.25) is 0 Å². The Balaban J connectivity index is 0.000000185. The lowest BCUT2D eigenvalue weighted by Crippen LogP contribution is -2.28. The Labute approximate surface area is 142 Å². The van der Waals surface area contributed by atoms with Crippen LogP contribution in [-0.4, -0.2) is 21.1 Å². The van der Waals surface area contributed by atoms with Crippen molar-refractivity contribution >= 4 is 11.6 Å². The summed E-state index contributed by atoms with van der Waals surface area (Å²) < 4.78 is 1.41. The van der Waals surface area contributed by atoms with E-state index in [0.29, 0.717) is 18.5 Å². The van der Waals surface area contributed by atoms with Crippen LogP contribution in [0.4, 0.5) is 0 Å². The molecule has 0 saturated heterocycles. The normalized spacial score (nSPS) is 21.5. The van der Waals surface area contributed by atoms with E-state index in [4.69, 9.17) is 5.73 Å². The number of carbonyl (C=O) groups excluding carboxylic acids is 2. The molecule has 132 valence electrons. The summed E-state index contributed by atoms with van der Waals surface area (Å²) in [5.74, 6) is 0.228. The van der Waals surface area contributed by atoms with Gasteiger partial charge in [0.1, 0.15) is 5.69 Å². The first-order chi connectivity index (χ1) is 10.9. The third-order valence-corrected chi connectivity index (χ3v) is 4.42. The molecule has 0 amide bonds. The lowest BCUT2D eigenvalue weighted by Gasteiger charge is -2.27. The number of nitrogens with two attached hydrogens (primary N) is 1. The second-order valence-corrected chi connectivity index (χ2v) is 8.46. The number of hydrogen-bond acceptors (Lipinski definition) is 4. The lowest BCUT2D eigenvalue weighted by atomic mass is 9.77. The number of ketones is 2. The second kappa shape index (κ2) is 6.07. The van der Waals surface area contributed by atoms with Crippen LogP contribution in [0.25, 0.3) is 0 Å². The summed E-state index contributed by atoms with van der Waals surface area (Å²) in [5.41, 5.74) is 7.47. The summed E-state index contributed by atoms with van der Waals surface area (Å²) in [6.45, 7) is 8.20. The van der Waals surface area contributed by atoms with Crippen molar-refractivity contribution in [3.05, 3.63) is 33.6 Å². The zero-order valence-electron chi connectivity index (χ0n) is 15.2. The van der Waals surface area contributed by atoms with E-state index in [1.807, 2.05) is 13.8 Å². The minimum absolute atomic E-state index is 0.0334. The van der Waals surface area contributed by atoms with E-state index in [-0.39, 0.29) is 28.1 Å². The molecule has 6 heteroatoms. The van der Waals surface area contributed by atoms with Crippen LogP contribution in [-0.2, 0) is 18.3 Å². The van der Waals surface area contributed by atoms with Gasteiger partial charge >= 0.3 is 5.69 Å². The van der Waals surface area contributed by atoms with Crippen LogP contribution < -0.4 is 11.4 Å². The maximum atomic E-state index is 11.8. The van der Waals surface area contributed by atoms with Crippen LogP contribution in [0.5, 0.6) is 0 Å². The van der Waals surface area contributed by atoms with Crippen LogP contribution in [0, 0.1) is 10.8 Å². The van der Waals surface area contributed by atoms with Crippen molar-refractivity contribution in [2.24, 2.45) is 23.6 Å². The van der Waals surface area contributed by atoms with Crippen molar-refractivity contribution in [3.63, 3.8) is 0 Å². The second-order valence-electron chi connectivity index (χ2n) is 8.46. The standard InChI is InChI=1S/C10H14N2O2.C8H13NO/c1-10(2)4-6-8(7(13)5-10)12(3)9(14)11-6;1-8(2)4-6(9)3-7(10)5-8/h4-5H2,1-3H3,(H,11,14);3H,4-5,9H2,1-2H3. The van der Waals surface area contributed by atoms with E-state index in [0.717, 1.165) is 24.2 Å². The van der Waals surface area contributed by atoms with Gasteiger partial charge in [0, 0.05) is 31.3 Å². The fourth-order valence-electron chi connectivity index (χ4n) is 3.51. The van der Waals surface area contributed by atoms with Crippen LogP contribution >= 0.6 is 0 Å². The number of imidazole rings is 1. The Morgan fingerprint density at radius 2 is 1.58 bits per heavy atom. The maximum Gasteiger partial charge on any atom is 0.326 e. The number of aromatic nitrogens is 2. The first-order valence-corrected chi connectivity index (χ1v) is 8.20. The van der Waals surface area contributed by atoms with E-state index in [9.17, 15) is 14.4 Å². The number of hydrogen-bond donors (Lipinski definition) is 2. The minimum atomic E-state index is -0.193. The molecule has 1 aromatic heterocycles. The predicted octanol–water partition coefficient (Wildman–Crippen LogP) is 2.09. The molecule has 0 atom stereocenters. The van der Waals surface area contributed by atoms with Gasteiger partial charge in [-0.25, -0.2) is 4.79 Å². The highest BCUT2D eigenvalue weighted by molar-refractivity contribution is 5.97. The lowest BCUT2D eigenvalue weighted by molar-refractivity contribution is -0.117. The number of carbonyl (C=O) groups is 2. The largest absolute Gasteiger partial charge is 0.402 e. The number of fused-ring (bicyclic) bond motifs is 1. The Morgan fingerprint density at radius 3 is 2.12 bits per heavy atom. The summed E-state index contributed by atoms with van der Waals surface area (Å²) in [4.78, 5) is 36.7. The van der Waals surface area contributed by atoms with Gasteiger partial charge in [-0.3, -0.25) is 14.2 Å². The highest BCUT2D eigenvalue weighted by Crippen LogP contribution is 2.33. The van der Waals surface area contributed by atoms with Crippen LogP contribution in [0.3, 0.4) is 0 Å². The van der Waals surface area contributed by atoms with E-state index in [1.54, 1.807) is 13.1 Å². The van der Waals surface area contributed by atoms with Gasteiger partial charge in [-0.1, -0.05) is 27.7 Å². The van der Waals surface area contributed by atoms with Gasteiger partial charge in [-0.2, -0.15) is 0 Å². The van der Waals surface area contributed by atoms with Crippen molar-refractivity contribution in [2.45, 2.75) is 53.4 Å². The fraction of sp³-hybridized carbons (Fsp3) is 0.611.